The van der Waals surface area contributed by atoms with Crippen molar-refractivity contribution >= 4 is 11.3 Å². The summed E-state index contributed by atoms with van der Waals surface area (Å²) in [6.45, 7) is 0. The largest absolute Gasteiger partial charge is 0.393 e. The summed E-state index contributed by atoms with van der Waals surface area (Å²) in [6, 6.07) is 2.15. The van der Waals surface area contributed by atoms with Crippen LogP contribution < -0.4 is 0 Å². The Kier molecular flexibility index (Phi) is 3.01. The molecule has 1 saturated carbocycles. The molecule has 72 valence electrons. The highest BCUT2D eigenvalue weighted by Gasteiger charge is 2.24. The first-order chi connectivity index (χ1) is 6.36. The van der Waals surface area contributed by atoms with E-state index >= 15 is 0 Å². The average molecular weight is 196 g/mol. The van der Waals surface area contributed by atoms with E-state index in [4.69, 9.17) is 0 Å². The van der Waals surface area contributed by atoms with Crippen LogP contribution in [0.3, 0.4) is 0 Å². The topological polar surface area (TPSA) is 20.2 Å². The molecule has 1 N–H and O–H groups in total. The fourth-order valence-corrected chi connectivity index (χ4v) is 2.51. The van der Waals surface area contributed by atoms with Gasteiger partial charge in [0.15, 0.2) is 0 Å². The Morgan fingerprint density at radius 3 is 2.92 bits per heavy atom. The SMILES string of the molecule is OC(CCc1ccsc1)C1CCC1. The molecule has 1 aliphatic carbocycles. The molecule has 0 amide bonds. The monoisotopic (exact) mass is 196 g/mol. The fourth-order valence-electron chi connectivity index (χ4n) is 1.81. The van der Waals surface area contributed by atoms with Crippen LogP contribution in [0.15, 0.2) is 16.8 Å². The van der Waals surface area contributed by atoms with Crippen molar-refractivity contribution in [2.24, 2.45) is 5.92 Å². The first-order valence-corrected chi connectivity index (χ1v) is 5.99. The first-order valence-electron chi connectivity index (χ1n) is 5.05. The number of hydrogen-bond donors (Lipinski definition) is 1. The first kappa shape index (κ1) is 9.22. The molecule has 1 heterocycles. The van der Waals surface area contributed by atoms with Gasteiger partial charge < -0.3 is 5.11 Å². The Morgan fingerprint density at radius 1 is 1.54 bits per heavy atom. The van der Waals surface area contributed by atoms with Gasteiger partial charge in [0.25, 0.3) is 0 Å². The summed E-state index contributed by atoms with van der Waals surface area (Å²) in [5.74, 6) is 0.610. The normalized spacial score (nSPS) is 19.8. The second-order valence-corrected chi connectivity index (χ2v) is 4.71. The lowest BCUT2D eigenvalue weighted by Crippen LogP contribution is -2.26. The van der Waals surface area contributed by atoms with Gasteiger partial charge in [0.2, 0.25) is 0 Å². The van der Waals surface area contributed by atoms with Gasteiger partial charge in [-0.3, -0.25) is 0 Å². The minimum absolute atomic E-state index is 0.0475. The molecule has 0 spiro atoms. The Hall–Kier alpha value is -0.340. The highest BCUT2D eigenvalue weighted by Crippen LogP contribution is 2.31. The molecule has 0 aliphatic heterocycles. The van der Waals surface area contributed by atoms with E-state index in [1.807, 2.05) is 0 Å². The predicted molar refractivity (Wildman–Crippen MR) is 56.0 cm³/mol. The molecule has 1 aromatic rings. The zero-order valence-electron chi connectivity index (χ0n) is 7.78. The molecule has 0 bridgehead atoms. The van der Waals surface area contributed by atoms with Crippen molar-refractivity contribution in [2.75, 3.05) is 0 Å². The second-order valence-electron chi connectivity index (χ2n) is 3.93. The van der Waals surface area contributed by atoms with Crippen LogP contribution in [-0.2, 0) is 6.42 Å². The Balaban J connectivity index is 1.72. The van der Waals surface area contributed by atoms with E-state index in [9.17, 15) is 5.11 Å². The molecule has 1 aromatic heterocycles. The number of aliphatic hydroxyl groups excluding tert-OH is 1. The maximum atomic E-state index is 9.77. The van der Waals surface area contributed by atoms with E-state index in [0.717, 1.165) is 12.8 Å². The van der Waals surface area contributed by atoms with Gasteiger partial charge in [-0.05, 0) is 54.0 Å². The average Bonchev–Trinajstić information content (AvgIpc) is 2.49. The summed E-state index contributed by atoms with van der Waals surface area (Å²) in [6.07, 6.45) is 5.74. The van der Waals surface area contributed by atoms with E-state index in [-0.39, 0.29) is 6.10 Å². The fraction of sp³-hybridized carbons (Fsp3) is 0.636. The summed E-state index contributed by atoms with van der Waals surface area (Å²) in [5.41, 5.74) is 1.38. The van der Waals surface area contributed by atoms with Crippen LogP contribution in [0.4, 0.5) is 0 Å². The summed E-state index contributed by atoms with van der Waals surface area (Å²) < 4.78 is 0. The molecule has 2 heteroatoms. The van der Waals surface area contributed by atoms with E-state index in [2.05, 4.69) is 16.8 Å². The molecule has 2 rings (SSSR count). The molecule has 1 unspecified atom stereocenters. The molecule has 13 heavy (non-hydrogen) atoms. The maximum Gasteiger partial charge on any atom is 0.0571 e. The van der Waals surface area contributed by atoms with Crippen molar-refractivity contribution in [1.82, 2.24) is 0 Å². The minimum atomic E-state index is -0.0475. The lowest BCUT2D eigenvalue weighted by Gasteiger charge is -2.30. The smallest absolute Gasteiger partial charge is 0.0571 e. The van der Waals surface area contributed by atoms with Crippen molar-refractivity contribution in [1.29, 1.82) is 0 Å². The number of hydrogen-bond acceptors (Lipinski definition) is 2. The summed E-state index contributed by atoms with van der Waals surface area (Å²) in [4.78, 5) is 0. The number of aliphatic hydroxyl groups is 1. The van der Waals surface area contributed by atoms with Crippen LogP contribution in [0.1, 0.15) is 31.2 Å². The molecular weight excluding hydrogens is 180 g/mol. The molecule has 1 fully saturated rings. The van der Waals surface area contributed by atoms with Crippen molar-refractivity contribution in [3.8, 4) is 0 Å². The molecule has 0 aromatic carbocycles. The number of thiophene rings is 1. The van der Waals surface area contributed by atoms with E-state index in [0.29, 0.717) is 5.92 Å². The highest BCUT2D eigenvalue weighted by molar-refractivity contribution is 7.07. The predicted octanol–water partition coefficient (Wildman–Crippen LogP) is 2.84. The third-order valence-electron chi connectivity index (χ3n) is 3.00. The Morgan fingerprint density at radius 2 is 2.38 bits per heavy atom. The lowest BCUT2D eigenvalue weighted by molar-refractivity contribution is 0.0560. The molecule has 1 aliphatic rings. The van der Waals surface area contributed by atoms with Crippen LogP contribution in [0.5, 0.6) is 0 Å². The van der Waals surface area contributed by atoms with Gasteiger partial charge in [-0.15, -0.1) is 0 Å². The third-order valence-corrected chi connectivity index (χ3v) is 3.73. The van der Waals surface area contributed by atoms with Crippen LogP contribution in [-0.4, -0.2) is 11.2 Å². The molecule has 1 nitrogen and oxygen atoms in total. The molecular formula is C11H16OS. The van der Waals surface area contributed by atoms with Gasteiger partial charge >= 0.3 is 0 Å². The van der Waals surface area contributed by atoms with Crippen LogP contribution in [0.25, 0.3) is 0 Å². The van der Waals surface area contributed by atoms with Crippen molar-refractivity contribution in [3.63, 3.8) is 0 Å². The summed E-state index contributed by atoms with van der Waals surface area (Å²) >= 11 is 1.74. The standard InChI is InChI=1S/C11H16OS/c12-11(10-2-1-3-10)5-4-9-6-7-13-8-9/h6-8,10-12H,1-5H2. The van der Waals surface area contributed by atoms with Crippen molar-refractivity contribution in [3.05, 3.63) is 22.4 Å². The maximum absolute atomic E-state index is 9.77. The molecule has 0 radical (unpaired) electrons. The third kappa shape index (κ3) is 2.32. The van der Waals surface area contributed by atoms with Gasteiger partial charge in [-0.25, -0.2) is 0 Å². The van der Waals surface area contributed by atoms with Crippen LogP contribution >= 0.6 is 11.3 Å². The zero-order chi connectivity index (χ0) is 9.10. The quantitative estimate of drug-likeness (QED) is 0.785. The van der Waals surface area contributed by atoms with Crippen molar-refractivity contribution in [2.45, 2.75) is 38.2 Å². The van der Waals surface area contributed by atoms with Gasteiger partial charge in [-0.1, -0.05) is 6.42 Å². The minimum Gasteiger partial charge on any atom is -0.393 e. The van der Waals surface area contributed by atoms with E-state index in [1.165, 1.54) is 24.8 Å². The Labute approximate surface area is 83.4 Å². The van der Waals surface area contributed by atoms with Crippen LogP contribution in [0.2, 0.25) is 0 Å². The van der Waals surface area contributed by atoms with E-state index < -0.39 is 0 Å². The molecule has 1 atom stereocenters. The van der Waals surface area contributed by atoms with Gasteiger partial charge in [0.05, 0.1) is 6.10 Å². The number of rotatable bonds is 4. The van der Waals surface area contributed by atoms with Crippen molar-refractivity contribution < 1.29 is 5.11 Å². The van der Waals surface area contributed by atoms with Crippen LogP contribution in [0, 0.1) is 5.92 Å². The van der Waals surface area contributed by atoms with E-state index in [1.54, 1.807) is 11.3 Å². The van der Waals surface area contributed by atoms with Gasteiger partial charge in [-0.2, -0.15) is 11.3 Å². The Bertz CT molecular complexity index is 239. The van der Waals surface area contributed by atoms with Gasteiger partial charge in [0, 0.05) is 0 Å². The lowest BCUT2D eigenvalue weighted by atomic mass is 9.79. The zero-order valence-corrected chi connectivity index (χ0v) is 8.59. The summed E-state index contributed by atoms with van der Waals surface area (Å²) in [7, 11) is 0. The van der Waals surface area contributed by atoms with Gasteiger partial charge in [0.1, 0.15) is 0 Å². The molecule has 0 saturated heterocycles. The second kappa shape index (κ2) is 4.25. The highest BCUT2D eigenvalue weighted by atomic mass is 32.1. The number of aryl methyl sites for hydroxylation is 1. The summed E-state index contributed by atoms with van der Waals surface area (Å²) in [5, 5.41) is 14.0.